The zero-order chi connectivity index (χ0) is 15.9. The summed E-state index contributed by atoms with van der Waals surface area (Å²) in [5.41, 5.74) is 3.04. The van der Waals surface area contributed by atoms with Gasteiger partial charge in [0.2, 0.25) is 0 Å². The first-order valence-corrected chi connectivity index (χ1v) is 8.06. The Kier molecular flexibility index (Phi) is 6.24. The SMILES string of the molecule is C[C@@H](Sc1ccccn1)C(=O)N/N=C\c1c(Cl)cccc1Cl. The van der Waals surface area contributed by atoms with Crippen LogP contribution in [0.3, 0.4) is 0 Å². The molecule has 0 aliphatic carbocycles. The second-order valence-electron chi connectivity index (χ2n) is 4.30. The lowest BCUT2D eigenvalue weighted by Crippen LogP contribution is -2.26. The molecule has 22 heavy (non-hydrogen) atoms. The number of nitrogens with zero attached hydrogens (tertiary/aromatic N) is 2. The molecule has 4 nitrogen and oxygen atoms in total. The molecule has 0 saturated carbocycles. The van der Waals surface area contributed by atoms with E-state index in [1.165, 1.54) is 18.0 Å². The van der Waals surface area contributed by atoms with Gasteiger partial charge in [0.25, 0.3) is 5.91 Å². The average Bonchev–Trinajstić information content (AvgIpc) is 2.51. The highest BCUT2D eigenvalue weighted by Gasteiger charge is 2.14. The van der Waals surface area contributed by atoms with E-state index in [0.717, 1.165) is 5.03 Å². The highest BCUT2D eigenvalue weighted by atomic mass is 35.5. The van der Waals surface area contributed by atoms with E-state index in [2.05, 4.69) is 15.5 Å². The molecule has 0 saturated heterocycles. The maximum Gasteiger partial charge on any atom is 0.253 e. The largest absolute Gasteiger partial charge is 0.272 e. The number of hydrazone groups is 1. The van der Waals surface area contributed by atoms with E-state index >= 15 is 0 Å². The topological polar surface area (TPSA) is 54.4 Å². The van der Waals surface area contributed by atoms with E-state index in [-0.39, 0.29) is 11.2 Å². The third-order valence-electron chi connectivity index (χ3n) is 2.67. The van der Waals surface area contributed by atoms with Gasteiger partial charge in [0.05, 0.1) is 26.5 Å². The quantitative estimate of drug-likeness (QED) is 0.501. The van der Waals surface area contributed by atoms with Crippen LogP contribution in [-0.4, -0.2) is 22.4 Å². The summed E-state index contributed by atoms with van der Waals surface area (Å²) in [7, 11) is 0. The molecule has 0 radical (unpaired) electrons. The molecular formula is C15H13Cl2N3OS. The van der Waals surface area contributed by atoms with Gasteiger partial charge in [-0.2, -0.15) is 5.10 Å². The minimum Gasteiger partial charge on any atom is -0.272 e. The van der Waals surface area contributed by atoms with E-state index in [0.29, 0.717) is 15.6 Å². The van der Waals surface area contributed by atoms with Crippen molar-refractivity contribution in [3.63, 3.8) is 0 Å². The van der Waals surface area contributed by atoms with Crippen molar-refractivity contribution < 1.29 is 4.79 Å². The van der Waals surface area contributed by atoms with Gasteiger partial charge < -0.3 is 0 Å². The van der Waals surface area contributed by atoms with Gasteiger partial charge in [0.15, 0.2) is 0 Å². The van der Waals surface area contributed by atoms with Crippen LogP contribution in [0.4, 0.5) is 0 Å². The van der Waals surface area contributed by atoms with Crippen LogP contribution in [0.25, 0.3) is 0 Å². The Bertz CT molecular complexity index is 659. The van der Waals surface area contributed by atoms with Crippen LogP contribution in [0.1, 0.15) is 12.5 Å². The number of aromatic nitrogens is 1. The van der Waals surface area contributed by atoms with Crippen LogP contribution in [-0.2, 0) is 4.79 Å². The van der Waals surface area contributed by atoms with E-state index in [1.807, 2.05) is 18.2 Å². The van der Waals surface area contributed by atoms with Gasteiger partial charge in [-0.1, -0.05) is 47.1 Å². The van der Waals surface area contributed by atoms with Crippen LogP contribution >= 0.6 is 35.0 Å². The normalized spacial score (nSPS) is 12.3. The second kappa shape index (κ2) is 8.17. The Morgan fingerprint density at radius 2 is 2.00 bits per heavy atom. The fourth-order valence-corrected chi connectivity index (χ4v) is 2.83. The van der Waals surface area contributed by atoms with Crippen molar-refractivity contribution in [2.24, 2.45) is 5.10 Å². The Hall–Kier alpha value is -1.56. The van der Waals surface area contributed by atoms with Crippen molar-refractivity contribution in [3.05, 3.63) is 58.2 Å². The first-order chi connectivity index (χ1) is 10.6. The summed E-state index contributed by atoms with van der Waals surface area (Å²) in [6.07, 6.45) is 3.12. The molecule has 0 unspecified atom stereocenters. The summed E-state index contributed by atoms with van der Waals surface area (Å²) in [6, 6.07) is 10.7. The van der Waals surface area contributed by atoms with Gasteiger partial charge in [-0.3, -0.25) is 4.79 Å². The Labute approximate surface area is 142 Å². The number of rotatable bonds is 5. The predicted octanol–water partition coefficient (Wildman–Crippen LogP) is 4.02. The van der Waals surface area contributed by atoms with Gasteiger partial charge in [0.1, 0.15) is 0 Å². The zero-order valence-electron chi connectivity index (χ0n) is 11.7. The minimum absolute atomic E-state index is 0.227. The van der Waals surface area contributed by atoms with E-state index in [4.69, 9.17) is 23.2 Å². The molecule has 1 heterocycles. The molecule has 7 heteroatoms. The Morgan fingerprint density at radius 3 is 2.64 bits per heavy atom. The number of carbonyl (C=O) groups excluding carboxylic acids is 1. The van der Waals surface area contributed by atoms with Crippen molar-refractivity contribution in [2.45, 2.75) is 17.2 Å². The fraction of sp³-hybridized carbons (Fsp3) is 0.133. The fourth-order valence-electron chi connectivity index (χ4n) is 1.54. The van der Waals surface area contributed by atoms with Crippen molar-refractivity contribution in [1.82, 2.24) is 10.4 Å². The standard InChI is InChI=1S/C15H13Cl2N3OS/c1-10(22-14-7-2-3-8-18-14)15(21)20-19-9-11-12(16)5-4-6-13(11)17/h2-10H,1H3,(H,20,21)/b19-9-/t10-/m1/s1. The third kappa shape index (κ3) is 4.73. The molecule has 114 valence electrons. The number of amides is 1. The Balaban J connectivity index is 1.93. The number of pyridine rings is 1. The number of carbonyl (C=O) groups is 1. The minimum atomic E-state index is -0.325. The monoisotopic (exact) mass is 353 g/mol. The summed E-state index contributed by atoms with van der Waals surface area (Å²) in [5, 5.41) is 5.30. The number of benzene rings is 1. The molecule has 1 atom stereocenters. The molecule has 0 fully saturated rings. The molecule has 1 N–H and O–H groups in total. The first-order valence-electron chi connectivity index (χ1n) is 6.42. The summed E-state index contributed by atoms with van der Waals surface area (Å²) in [4.78, 5) is 16.1. The molecule has 2 rings (SSSR count). The lowest BCUT2D eigenvalue weighted by molar-refractivity contribution is -0.120. The lowest BCUT2D eigenvalue weighted by atomic mass is 10.2. The summed E-state index contributed by atoms with van der Waals surface area (Å²) >= 11 is 13.4. The number of hydrogen-bond donors (Lipinski definition) is 1. The van der Waals surface area contributed by atoms with E-state index in [9.17, 15) is 4.79 Å². The van der Waals surface area contributed by atoms with Crippen LogP contribution in [0, 0.1) is 0 Å². The summed E-state index contributed by atoms with van der Waals surface area (Å²) < 4.78 is 0. The number of nitrogens with one attached hydrogen (secondary N) is 1. The molecule has 1 aromatic heterocycles. The van der Waals surface area contributed by atoms with Crippen LogP contribution in [0.15, 0.2) is 52.7 Å². The second-order valence-corrected chi connectivity index (χ2v) is 6.47. The summed E-state index contributed by atoms with van der Waals surface area (Å²) in [6.45, 7) is 1.78. The van der Waals surface area contributed by atoms with Crippen molar-refractivity contribution >= 4 is 47.1 Å². The molecule has 1 amide bonds. The number of hydrogen-bond acceptors (Lipinski definition) is 4. The maximum atomic E-state index is 12.0. The summed E-state index contributed by atoms with van der Waals surface area (Å²) in [5.74, 6) is -0.227. The van der Waals surface area contributed by atoms with E-state index < -0.39 is 0 Å². The van der Waals surface area contributed by atoms with Crippen LogP contribution in [0.5, 0.6) is 0 Å². The average molecular weight is 354 g/mol. The van der Waals surface area contributed by atoms with Crippen LogP contribution < -0.4 is 5.43 Å². The smallest absolute Gasteiger partial charge is 0.253 e. The third-order valence-corrected chi connectivity index (χ3v) is 4.38. The first kappa shape index (κ1) is 16.8. The highest BCUT2D eigenvalue weighted by Crippen LogP contribution is 2.22. The van der Waals surface area contributed by atoms with Gasteiger partial charge >= 0.3 is 0 Å². The molecule has 1 aromatic carbocycles. The van der Waals surface area contributed by atoms with E-state index in [1.54, 1.807) is 31.3 Å². The highest BCUT2D eigenvalue weighted by molar-refractivity contribution is 8.00. The molecule has 0 spiro atoms. The van der Waals surface area contributed by atoms with Crippen molar-refractivity contribution in [3.8, 4) is 0 Å². The lowest BCUT2D eigenvalue weighted by Gasteiger charge is -2.08. The number of halogens is 2. The van der Waals surface area contributed by atoms with Crippen molar-refractivity contribution in [1.29, 1.82) is 0 Å². The zero-order valence-corrected chi connectivity index (χ0v) is 14.0. The molecule has 0 aliphatic heterocycles. The molecule has 0 aliphatic rings. The number of thioether (sulfide) groups is 1. The van der Waals surface area contributed by atoms with Crippen molar-refractivity contribution in [2.75, 3.05) is 0 Å². The molecular weight excluding hydrogens is 341 g/mol. The van der Waals surface area contributed by atoms with Gasteiger partial charge in [-0.25, -0.2) is 10.4 Å². The molecule has 0 bridgehead atoms. The predicted molar refractivity (Wildman–Crippen MR) is 91.8 cm³/mol. The Morgan fingerprint density at radius 1 is 1.27 bits per heavy atom. The van der Waals surface area contributed by atoms with Gasteiger partial charge in [-0.15, -0.1) is 0 Å². The molecule has 2 aromatic rings. The van der Waals surface area contributed by atoms with Gasteiger partial charge in [0, 0.05) is 11.8 Å². The van der Waals surface area contributed by atoms with Crippen LogP contribution in [0.2, 0.25) is 10.0 Å². The van der Waals surface area contributed by atoms with Gasteiger partial charge in [-0.05, 0) is 31.2 Å². The maximum absolute atomic E-state index is 12.0.